The van der Waals surface area contributed by atoms with Crippen LogP contribution in [0, 0.1) is 0 Å². The molecule has 4 rings (SSSR count). The zero-order valence-corrected chi connectivity index (χ0v) is 17.2. The molecule has 3 aliphatic rings. The Morgan fingerprint density at radius 1 is 1.24 bits per heavy atom. The standard InChI is InChI=1S/C23H31N3O3/c1-3-12-24-19-6-4-5-7-21(19)29-17-9-10-18-16(13-17)14-26(23(18)28)20-11-8-15(2)25-22(20)27/h9-10,13,19-21,24H,2-8,11-12,14H2,1H3,(H,25,27). The molecule has 156 valence electrons. The fourth-order valence-corrected chi connectivity index (χ4v) is 4.68. The molecule has 3 atom stereocenters. The molecule has 2 N–H and O–H groups in total. The van der Waals surface area contributed by atoms with E-state index < -0.39 is 6.04 Å². The van der Waals surface area contributed by atoms with E-state index in [0.29, 0.717) is 31.0 Å². The molecular weight excluding hydrogens is 366 g/mol. The van der Waals surface area contributed by atoms with Crippen LogP contribution in [0.1, 0.15) is 67.8 Å². The minimum absolute atomic E-state index is 0.0700. The number of hydrogen-bond acceptors (Lipinski definition) is 4. The summed E-state index contributed by atoms with van der Waals surface area (Å²) in [5, 5.41) is 6.40. The van der Waals surface area contributed by atoms with Gasteiger partial charge in [-0.15, -0.1) is 0 Å². The second-order valence-electron chi connectivity index (χ2n) is 8.40. The summed E-state index contributed by atoms with van der Waals surface area (Å²) in [7, 11) is 0. The zero-order valence-electron chi connectivity index (χ0n) is 17.2. The molecule has 1 aliphatic carbocycles. The van der Waals surface area contributed by atoms with E-state index in [1.807, 2.05) is 18.2 Å². The third-order valence-electron chi connectivity index (χ3n) is 6.25. The van der Waals surface area contributed by atoms with Gasteiger partial charge < -0.3 is 20.3 Å². The Morgan fingerprint density at radius 3 is 2.86 bits per heavy atom. The third-order valence-corrected chi connectivity index (χ3v) is 6.25. The summed E-state index contributed by atoms with van der Waals surface area (Å²) in [5.74, 6) is 0.611. The number of rotatable bonds is 6. The summed E-state index contributed by atoms with van der Waals surface area (Å²) in [6, 6.07) is 5.69. The van der Waals surface area contributed by atoms with Crippen LogP contribution in [0.25, 0.3) is 0 Å². The normalized spacial score (nSPS) is 27.0. The van der Waals surface area contributed by atoms with Crippen molar-refractivity contribution in [2.75, 3.05) is 6.54 Å². The molecule has 6 heteroatoms. The molecular formula is C23H31N3O3. The second-order valence-corrected chi connectivity index (χ2v) is 8.40. The fraction of sp³-hybridized carbons (Fsp3) is 0.565. The van der Waals surface area contributed by atoms with Crippen LogP contribution in [0.4, 0.5) is 0 Å². The lowest BCUT2D eigenvalue weighted by Gasteiger charge is -2.32. The lowest BCUT2D eigenvalue weighted by Crippen LogP contribution is -2.49. The number of carbonyl (C=O) groups excluding carboxylic acids is 2. The molecule has 0 bridgehead atoms. The molecule has 0 radical (unpaired) electrons. The van der Waals surface area contributed by atoms with Crippen LogP contribution in [-0.2, 0) is 11.3 Å². The van der Waals surface area contributed by atoms with Gasteiger partial charge in [0.05, 0.1) is 0 Å². The first-order chi connectivity index (χ1) is 14.1. The molecule has 1 aromatic carbocycles. The summed E-state index contributed by atoms with van der Waals surface area (Å²) in [6.07, 6.45) is 7.23. The van der Waals surface area contributed by atoms with E-state index in [-0.39, 0.29) is 17.9 Å². The van der Waals surface area contributed by atoms with Gasteiger partial charge in [-0.2, -0.15) is 0 Å². The van der Waals surface area contributed by atoms with E-state index in [1.165, 1.54) is 12.8 Å². The van der Waals surface area contributed by atoms with Crippen LogP contribution in [0.2, 0.25) is 0 Å². The van der Waals surface area contributed by atoms with E-state index in [2.05, 4.69) is 24.1 Å². The summed E-state index contributed by atoms with van der Waals surface area (Å²) in [5.41, 5.74) is 2.35. The molecule has 2 amide bonds. The molecule has 2 aliphatic heterocycles. The smallest absolute Gasteiger partial charge is 0.255 e. The minimum Gasteiger partial charge on any atom is -0.489 e. The van der Waals surface area contributed by atoms with Gasteiger partial charge in [-0.1, -0.05) is 19.9 Å². The number of amides is 2. The number of ether oxygens (including phenoxy) is 1. The maximum atomic E-state index is 12.9. The number of nitrogens with zero attached hydrogens (tertiary/aromatic N) is 1. The topological polar surface area (TPSA) is 70.7 Å². The molecule has 0 spiro atoms. The molecule has 2 fully saturated rings. The van der Waals surface area contributed by atoms with Gasteiger partial charge in [-0.25, -0.2) is 0 Å². The number of carbonyl (C=O) groups is 2. The van der Waals surface area contributed by atoms with Crippen LogP contribution in [-0.4, -0.2) is 41.4 Å². The molecule has 3 unspecified atom stereocenters. The van der Waals surface area contributed by atoms with Gasteiger partial charge in [0.1, 0.15) is 17.9 Å². The molecule has 29 heavy (non-hydrogen) atoms. The third kappa shape index (κ3) is 4.17. The lowest BCUT2D eigenvalue weighted by molar-refractivity contribution is -0.126. The average Bonchev–Trinajstić information content (AvgIpc) is 3.03. The van der Waals surface area contributed by atoms with Crippen molar-refractivity contribution in [3.63, 3.8) is 0 Å². The van der Waals surface area contributed by atoms with Crippen molar-refractivity contribution in [1.82, 2.24) is 15.5 Å². The highest BCUT2D eigenvalue weighted by atomic mass is 16.5. The molecule has 6 nitrogen and oxygen atoms in total. The largest absolute Gasteiger partial charge is 0.489 e. The Bertz CT molecular complexity index is 807. The van der Waals surface area contributed by atoms with Gasteiger partial charge in [0, 0.05) is 23.8 Å². The van der Waals surface area contributed by atoms with Crippen LogP contribution >= 0.6 is 0 Å². The van der Waals surface area contributed by atoms with E-state index >= 15 is 0 Å². The molecule has 1 saturated heterocycles. The Labute approximate surface area is 172 Å². The monoisotopic (exact) mass is 397 g/mol. The average molecular weight is 398 g/mol. The quantitative estimate of drug-likeness (QED) is 0.774. The van der Waals surface area contributed by atoms with Crippen molar-refractivity contribution in [2.45, 2.75) is 76.6 Å². The first kappa shape index (κ1) is 20.0. The highest BCUT2D eigenvalue weighted by molar-refractivity contribution is 6.01. The first-order valence-corrected chi connectivity index (χ1v) is 10.9. The van der Waals surface area contributed by atoms with Crippen molar-refractivity contribution in [3.05, 3.63) is 41.6 Å². The number of benzene rings is 1. The number of fused-ring (bicyclic) bond motifs is 1. The SMILES string of the molecule is C=C1CCC(N2Cc3cc(OC4CCCCC4NCCC)ccc3C2=O)C(=O)N1. The van der Waals surface area contributed by atoms with E-state index in [9.17, 15) is 9.59 Å². The maximum Gasteiger partial charge on any atom is 0.255 e. The first-order valence-electron chi connectivity index (χ1n) is 10.9. The van der Waals surface area contributed by atoms with Crippen molar-refractivity contribution in [2.24, 2.45) is 0 Å². The summed E-state index contributed by atoms with van der Waals surface area (Å²) in [4.78, 5) is 26.9. The van der Waals surface area contributed by atoms with E-state index in [0.717, 1.165) is 42.8 Å². The van der Waals surface area contributed by atoms with Crippen LogP contribution < -0.4 is 15.4 Å². The predicted octanol–water partition coefficient (Wildman–Crippen LogP) is 3.12. The van der Waals surface area contributed by atoms with Gasteiger partial charge >= 0.3 is 0 Å². The van der Waals surface area contributed by atoms with Gasteiger partial charge in [0.25, 0.3) is 5.91 Å². The molecule has 2 heterocycles. The Balaban J connectivity index is 1.46. The highest BCUT2D eigenvalue weighted by Crippen LogP contribution is 2.32. The lowest BCUT2D eigenvalue weighted by atomic mass is 9.92. The van der Waals surface area contributed by atoms with Gasteiger partial charge in [0.2, 0.25) is 5.91 Å². The summed E-state index contributed by atoms with van der Waals surface area (Å²) in [6.45, 7) is 7.46. The van der Waals surface area contributed by atoms with Crippen LogP contribution in [0.15, 0.2) is 30.5 Å². The minimum atomic E-state index is -0.425. The highest BCUT2D eigenvalue weighted by Gasteiger charge is 2.38. The van der Waals surface area contributed by atoms with E-state index in [4.69, 9.17) is 4.74 Å². The van der Waals surface area contributed by atoms with Crippen molar-refractivity contribution in [1.29, 1.82) is 0 Å². The summed E-state index contributed by atoms with van der Waals surface area (Å²) < 4.78 is 6.36. The van der Waals surface area contributed by atoms with Crippen LogP contribution in [0.5, 0.6) is 5.75 Å². The van der Waals surface area contributed by atoms with Crippen molar-refractivity contribution >= 4 is 11.8 Å². The fourth-order valence-electron chi connectivity index (χ4n) is 4.68. The Morgan fingerprint density at radius 2 is 2.07 bits per heavy atom. The number of hydrogen-bond donors (Lipinski definition) is 2. The molecule has 1 aromatic rings. The van der Waals surface area contributed by atoms with Crippen molar-refractivity contribution in [3.8, 4) is 5.75 Å². The van der Waals surface area contributed by atoms with Crippen molar-refractivity contribution < 1.29 is 14.3 Å². The number of nitrogens with one attached hydrogen (secondary N) is 2. The summed E-state index contributed by atoms with van der Waals surface area (Å²) >= 11 is 0. The van der Waals surface area contributed by atoms with E-state index in [1.54, 1.807) is 4.90 Å². The zero-order chi connectivity index (χ0) is 20.4. The maximum absolute atomic E-state index is 12.9. The van der Waals surface area contributed by atoms with Gasteiger partial charge in [-0.05, 0) is 68.8 Å². The predicted molar refractivity (Wildman–Crippen MR) is 112 cm³/mol. The number of allylic oxidation sites excluding steroid dienone is 1. The number of piperidine rings is 1. The Hall–Kier alpha value is -2.34. The van der Waals surface area contributed by atoms with Gasteiger partial charge in [0.15, 0.2) is 0 Å². The second kappa shape index (κ2) is 8.57. The van der Waals surface area contributed by atoms with Crippen LogP contribution in [0.3, 0.4) is 0 Å². The Kier molecular flexibility index (Phi) is 5.90. The van der Waals surface area contributed by atoms with Gasteiger partial charge in [-0.3, -0.25) is 9.59 Å². The molecule has 1 saturated carbocycles. The molecule has 0 aromatic heterocycles.